The summed E-state index contributed by atoms with van der Waals surface area (Å²) in [7, 11) is -45.4. The van der Waals surface area contributed by atoms with Gasteiger partial charge in [0, 0.05) is 31.1 Å². The molecule has 1 spiro atoms. The molecule has 16 rings (SSSR count). The van der Waals surface area contributed by atoms with Gasteiger partial charge in [-0.05, 0) is 23.5 Å². The van der Waals surface area contributed by atoms with E-state index < -0.39 is 93.5 Å². The zero-order chi connectivity index (χ0) is 50.5. The van der Waals surface area contributed by atoms with Gasteiger partial charge >= 0.3 is 88.5 Å². The van der Waals surface area contributed by atoms with Gasteiger partial charge in [0.15, 0.2) is 0 Å². The third-order valence-electron chi connectivity index (χ3n) is 14.0. The van der Waals surface area contributed by atoms with Crippen LogP contribution in [0.3, 0.4) is 0 Å². The van der Waals surface area contributed by atoms with E-state index in [0.717, 1.165) is 0 Å². The van der Waals surface area contributed by atoms with E-state index in [1.54, 1.807) is 0 Å². The lowest BCUT2D eigenvalue weighted by molar-refractivity contribution is -0.121. The molecule has 9 bridgehead atoms. The Labute approximate surface area is 446 Å². The second kappa shape index (κ2) is 18.2. The van der Waals surface area contributed by atoms with Crippen molar-refractivity contribution in [2.45, 2.75) is 18.1 Å². The lowest BCUT2D eigenvalue weighted by atomic mass is 10.4. The molecule has 0 aromatic heterocycles. The highest BCUT2D eigenvalue weighted by molar-refractivity contribution is 7.18. The van der Waals surface area contributed by atoms with Crippen molar-refractivity contribution in [1.82, 2.24) is 0 Å². The molecule has 75 heavy (non-hydrogen) atoms. The van der Waals surface area contributed by atoms with E-state index in [4.69, 9.17) is 58.2 Å². The predicted octanol–water partition coefficient (Wildman–Crippen LogP) is 2.55. The molecule has 376 valence electrons. The third kappa shape index (κ3) is 7.46. The van der Waals surface area contributed by atoms with E-state index in [1.165, 1.54) is 0 Å². The highest BCUT2D eigenvalue weighted by atomic mass is 28.6. The summed E-state index contributed by atoms with van der Waals surface area (Å²) in [5, 5.41) is 2.42. The topological polar surface area (TPSA) is 129 Å². The van der Waals surface area contributed by atoms with E-state index in [-0.39, 0.29) is 0 Å². The van der Waals surface area contributed by atoms with Crippen molar-refractivity contribution in [2.75, 3.05) is 0 Å². The number of rotatable bonds is 8. The van der Waals surface area contributed by atoms with Crippen molar-refractivity contribution in [3.05, 3.63) is 243 Å². The summed E-state index contributed by atoms with van der Waals surface area (Å²) >= 11 is 0. The maximum atomic E-state index is 8.72. The molecular weight excluding hydrogens is 1120 g/mol. The summed E-state index contributed by atoms with van der Waals surface area (Å²) in [6.45, 7) is 3.91. The molecule has 8 heterocycles. The van der Waals surface area contributed by atoms with Crippen LogP contribution in [-0.4, -0.2) is 93.5 Å². The van der Waals surface area contributed by atoms with E-state index in [2.05, 4.69) is 0 Å². The molecule has 0 aliphatic carbocycles. The van der Waals surface area contributed by atoms with E-state index in [9.17, 15) is 0 Å². The van der Waals surface area contributed by atoms with Gasteiger partial charge in [0.1, 0.15) is 0 Å². The van der Waals surface area contributed by atoms with Crippen LogP contribution in [0.5, 0.6) is 0 Å². The van der Waals surface area contributed by atoms with Crippen LogP contribution in [0.2, 0.25) is 13.1 Å². The maximum absolute atomic E-state index is 8.72. The normalized spacial score (nSPS) is 36.7. The lowest BCUT2D eigenvalue weighted by Crippen LogP contribution is -2.99. The molecule has 8 aromatic rings. The van der Waals surface area contributed by atoms with Gasteiger partial charge < -0.3 is 58.2 Å². The van der Waals surface area contributed by atoms with E-state index in [0.29, 0.717) is 41.5 Å². The van der Waals surface area contributed by atoms with Gasteiger partial charge in [-0.15, -0.1) is 0 Å². The first-order valence-corrected chi connectivity index (χ1v) is 43.0. The Kier molecular flexibility index (Phi) is 11.8. The fraction of sp³-hybridized carbons (Fsp3) is 0.0588. The summed E-state index contributed by atoms with van der Waals surface area (Å²) in [6, 6.07) is 78.3. The van der Waals surface area contributed by atoms with Gasteiger partial charge in [0.25, 0.3) is 0 Å². The molecule has 24 heteroatoms. The molecule has 14 nitrogen and oxygen atoms in total. The smallest absolute Gasteiger partial charge is 0.393 e. The van der Waals surface area contributed by atoms with Gasteiger partial charge in [0.05, 0.1) is 0 Å². The fourth-order valence-electron chi connectivity index (χ4n) is 10.9. The summed E-state index contributed by atoms with van der Waals surface area (Å²) < 4.78 is 116. The van der Waals surface area contributed by atoms with Gasteiger partial charge in [-0.2, -0.15) is 0 Å². The van der Waals surface area contributed by atoms with Crippen LogP contribution in [0.15, 0.2) is 243 Å². The van der Waals surface area contributed by atoms with Gasteiger partial charge in [-0.1, -0.05) is 243 Å². The quantitative estimate of drug-likeness (QED) is 0.207. The van der Waals surface area contributed by atoms with Crippen molar-refractivity contribution < 1.29 is 58.2 Å². The van der Waals surface area contributed by atoms with Crippen LogP contribution in [-0.2, 0) is 58.2 Å². The SMILES string of the molecule is C[SiH]1O[Si]2(c3ccccc3)OC34O[Si](c5ccccc5)(O2)O[Si]2(c5ccccc5)O[SiH](C)O[Si]5(c6ccccc6)O[Si](c6ccccc6)(O[Si](c6ccccc6)(O1)O[Si]3(c1ccccc1)O5)O[Si]4(c1ccccc1)O2. The Morgan fingerprint density at radius 2 is 0.453 bits per heavy atom. The molecular formula is C51H48O14Si10. The molecule has 0 amide bonds. The average Bonchev–Trinajstić information content (AvgIpc) is 3.83. The van der Waals surface area contributed by atoms with Crippen LogP contribution in [0, 0.1) is 0 Å². The number of hydrogen-bond acceptors (Lipinski definition) is 14. The molecule has 11 unspecified atom stereocenters. The number of benzene rings is 8. The Balaban J connectivity index is 1.28. The highest BCUT2D eigenvalue weighted by Crippen LogP contribution is 2.56. The Bertz CT molecular complexity index is 3360. The zero-order valence-corrected chi connectivity index (χ0v) is 50.8. The molecule has 0 radical (unpaired) electrons. The average molecular weight is 1170 g/mol. The van der Waals surface area contributed by atoms with E-state index >= 15 is 0 Å². The molecule has 8 aliphatic rings. The van der Waals surface area contributed by atoms with Gasteiger partial charge in [0.2, 0.25) is 5.03 Å². The summed E-state index contributed by atoms with van der Waals surface area (Å²) in [5.41, 5.74) is 0. The second-order valence-corrected chi connectivity index (χ2v) is 47.3. The van der Waals surface area contributed by atoms with Crippen LogP contribution in [0.1, 0.15) is 0 Å². The molecule has 8 fully saturated rings. The minimum Gasteiger partial charge on any atom is -0.393 e. The first-order valence-electron chi connectivity index (χ1n) is 24.8. The van der Waals surface area contributed by atoms with Crippen LogP contribution in [0.25, 0.3) is 0 Å². The Morgan fingerprint density at radius 3 is 0.787 bits per heavy atom. The standard InChI is InChI=1S/C51H48O14Si10/c1-66-54-70(45-31-15-5-16-32-45)52-51-53-71(62-70,46-33-17-6-18-34-46)63-72(47-35-19-7-20-36-47)56-67(2)57-74(49-39-23-9-24-40-49)59-68(51,43-27-11-3-12-28-43)58-73(55-66,48-37-21-8-22-38-48)64-75(65-74,50-41-25-10-26-42-50)61-69(51,60-72)44-29-13-4-14-30-44/h3-42,66-67H,1-2H3. The summed E-state index contributed by atoms with van der Waals surface area (Å²) in [4.78, 5) is 0. The summed E-state index contributed by atoms with van der Waals surface area (Å²) in [5.74, 6) is 0. The minimum atomic E-state index is -5.20. The molecule has 0 saturated carbocycles. The highest BCUT2D eigenvalue weighted by Gasteiger charge is 2.94. The molecule has 11 atom stereocenters. The largest absolute Gasteiger partial charge is 0.524 e. The summed E-state index contributed by atoms with van der Waals surface area (Å²) in [6.07, 6.45) is 0. The van der Waals surface area contributed by atoms with Gasteiger partial charge in [-0.25, -0.2) is 0 Å². The van der Waals surface area contributed by atoms with E-state index in [1.807, 2.05) is 256 Å². The fourth-order valence-corrected chi connectivity index (χ4v) is 67.6. The van der Waals surface area contributed by atoms with Crippen LogP contribution in [0.4, 0.5) is 0 Å². The molecule has 8 saturated heterocycles. The van der Waals surface area contributed by atoms with Crippen molar-refractivity contribution in [2.24, 2.45) is 0 Å². The Hall–Kier alpha value is -4.63. The van der Waals surface area contributed by atoms with Crippen LogP contribution < -0.4 is 41.5 Å². The molecule has 8 aliphatic heterocycles. The monoisotopic (exact) mass is 1160 g/mol. The lowest BCUT2D eigenvalue weighted by Gasteiger charge is -2.64. The van der Waals surface area contributed by atoms with Crippen molar-refractivity contribution in [3.8, 4) is 0 Å². The first kappa shape index (κ1) is 48.7. The second-order valence-electron chi connectivity index (χ2n) is 18.7. The van der Waals surface area contributed by atoms with Crippen molar-refractivity contribution in [1.29, 1.82) is 0 Å². The van der Waals surface area contributed by atoms with Crippen molar-refractivity contribution in [3.63, 3.8) is 0 Å². The first-order chi connectivity index (χ1) is 36.6. The number of hydrogen-bond donors (Lipinski definition) is 0. The minimum absolute atomic E-state index is 0.565. The molecule has 0 N–H and O–H groups in total. The predicted molar refractivity (Wildman–Crippen MR) is 299 cm³/mol. The Morgan fingerprint density at radius 1 is 0.240 bits per heavy atom. The maximum Gasteiger partial charge on any atom is 0.524 e. The zero-order valence-electron chi connectivity index (χ0n) is 40.5. The number of fused-ring (bicyclic) bond motifs is 4. The third-order valence-corrected chi connectivity index (χ3v) is 56.2. The van der Waals surface area contributed by atoms with Gasteiger partial charge in [-0.3, -0.25) is 0 Å². The van der Waals surface area contributed by atoms with Crippen LogP contribution >= 0.6 is 0 Å². The van der Waals surface area contributed by atoms with Crippen molar-refractivity contribution >= 4 is 130 Å². The molecule has 8 aromatic carbocycles.